The zero-order valence-electron chi connectivity index (χ0n) is 6.94. The molecule has 0 saturated heterocycles. The Morgan fingerprint density at radius 2 is 1.85 bits per heavy atom. The highest BCUT2D eigenvalue weighted by atomic mass is 35.5. The lowest BCUT2D eigenvalue weighted by atomic mass is 10.3. The predicted molar refractivity (Wildman–Crippen MR) is 48.0 cm³/mol. The van der Waals surface area contributed by atoms with E-state index in [9.17, 15) is 0 Å². The summed E-state index contributed by atoms with van der Waals surface area (Å²) >= 11 is 4.24. The Bertz CT molecular complexity index is 237. The van der Waals surface area contributed by atoms with Crippen molar-refractivity contribution in [3.05, 3.63) is 30.3 Å². The Balaban J connectivity index is 0.000000252. The van der Waals surface area contributed by atoms with Crippen LogP contribution in [0.25, 0.3) is 0 Å². The molecular formula is C8H9ClO4. The van der Waals surface area contributed by atoms with Gasteiger partial charge < -0.3 is 14.1 Å². The third kappa shape index (κ3) is 6.96. The fraction of sp³-hybridized carbons (Fsp3) is 0.125. The first-order chi connectivity index (χ1) is 6.20. The lowest BCUT2D eigenvalue weighted by molar-refractivity contribution is 0.149. The fourth-order valence-electron chi connectivity index (χ4n) is 0.557. The number of hydrogen-bond donors (Lipinski definition) is 1. The van der Waals surface area contributed by atoms with E-state index in [0.717, 1.165) is 5.75 Å². The van der Waals surface area contributed by atoms with Crippen molar-refractivity contribution in [1.29, 1.82) is 0 Å². The smallest absolute Gasteiger partial charge is 0.497 e. The minimum Gasteiger partial charge on any atom is -0.497 e. The first-order valence-electron chi connectivity index (χ1n) is 3.31. The summed E-state index contributed by atoms with van der Waals surface area (Å²) in [6, 6.07) is 9.68. The summed E-state index contributed by atoms with van der Waals surface area (Å²) in [4.78, 5) is 9.01. The van der Waals surface area contributed by atoms with E-state index < -0.39 is 6.16 Å². The van der Waals surface area contributed by atoms with Gasteiger partial charge in [-0.2, -0.15) is 0 Å². The molecule has 0 aliphatic heterocycles. The Morgan fingerprint density at radius 1 is 1.38 bits per heavy atom. The second kappa shape index (κ2) is 7.24. The largest absolute Gasteiger partial charge is 0.524 e. The molecule has 0 spiro atoms. The van der Waals surface area contributed by atoms with Crippen molar-refractivity contribution in [2.24, 2.45) is 0 Å². The lowest BCUT2D eigenvalue weighted by Gasteiger charge is -1.93. The molecular weight excluding hydrogens is 196 g/mol. The molecule has 0 saturated carbocycles. The maximum Gasteiger partial charge on any atom is 0.524 e. The Labute approximate surface area is 80.8 Å². The van der Waals surface area contributed by atoms with E-state index in [-0.39, 0.29) is 0 Å². The molecule has 0 bridgehead atoms. The second-order valence-electron chi connectivity index (χ2n) is 1.86. The third-order valence-electron chi connectivity index (χ3n) is 1.04. The number of methoxy groups -OCH3 is 1. The van der Waals surface area contributed by atoms with Crippen molar-refractivity contribution >= 4 is 18.0 Å². The van der Waals surface area contributed by atoms with Crippen LogP contribution in [0.1, 0.15) is 0 Å². The molecule has 0 amide bonds. The fourth-order valence-corrected chi connectivity index (χ4v) is 0.557. The summed E-state index contributed by atoms with van der Waals surface area (Å²) in [6.45, 7) is 0. The molecule has 1 N–H and O–H groups in total. The summed E-state index contributed by atoms with van der Waals surface area (Å²) in [7, 11) is 1.66. The highest BCUT2D eigenvalue weighted by Crippen LogP contribution is 2.05. The van der Waals surface area contributed by atoms with Gasteiger partial charge in [-0.3, -0.25) is 0 Å². The predicted octanol–water partition coefficient (Wildman–Crippen LogP) is 2.53. The maximum atomic E-state index is 9.01. The number of rotatable bonds is 1. The van der Waals surface area contributed by atoms with E-state index in [4.69, 9.17) is 14.6 Å². The minimum absolute atomic E-state index is 0.910. The zero-order chi connectivity index (χ0) is 10.1. The van der Waals surface area contributed by atoms with Gasteiger partial charge in [0.2, 0.25) is 0 Å². The van der Waals surface area contributed by atoms with Gasteiger partial charge in [-0.1, -0.05) is 18.2 Å². The Hall–Kier alpha value is -1.42. The van der Waals surface area contributed by atoms with Crippen LogP contribution in [-0.2, 0) is 4.29 Å². The van der Waals surface area contributed by atoms with Crippen molar-refractivity contribution in [2.75, 3.05) is 7.11 Å². The number of benzene rings is 1. The summed E-state index contributed by atoms with van der Waals surface area (Å²) in [5, 5.41) is 7.37. The van der Waals surface area contributed by atoms with Crippen LogP contribution in [0.5, 0.6) is 5.75 Å². The Kier molecular flexibility index (Phi) is 6.45. The topological polar surface area (TPSA) is 55.8 Å². The van der Waals surface area contributed by atoms with Gasteiger partial charge in [0.05, 0.1) is 7.11 Å². The standard InChI is InChI=1S/C7H8O.CHClO3/c1-8-7-5-3-2-4-6-7;2-5-1(3)4/h2-6H,1H3;(H,3,4). The summed E-state index contributed by atoms with van der Waals surface area (Å²) in [6.07, 6.45) is -1.48. The van der Waals surface area contributed by atoms with E-state index in [1.807, 2.05) is 30.3 Å². The highest BCUT2D eigenvalue weighted by molar-refractivity contribution is 6.12. The monoisotopic (exact) mass is 204 g/mol. The van der Waals surface area contributed by atoms with E-state index in [2.05, 4.69) is 16.2 Å². The molecule has 4 nitrogen and oxygen atoms in total. The van der Waals surface area contributed by atoms with Gasteiger partial charge in [0.25, 0.3) is 0 Å². The molecule has 0 fully saturated rings. The van der Waals surface area contributed by atoms with Crippen LogP contribution in [-0.4, -0.2) is 18.4 Å². The van der Waals surface area contributed by atoms with E-state index in [0.29, 0.717) is 0 Å². The number of hydrogen-bond acceptors (Lipinski definition) is 3. The molecule has 5 heteroatoms. The number of carboxylic acid groups (broad SMARTS) is 1. The lowest BCUT2D eigenvalue weighted by Crippen LogP contribution is -1.85. The van der Waals surface area contributed by atoms with Crippen LogP contribution in [0.2, 0.25) is 0 Å². The van der Waals surface area contributed by atoms with Crippen molar-refractivity contribution in [2.45, 2.75) is 0 Å². The number of halogens is 1. The third-order valence-corrected chi connectivity index (χ3v) is 1.18. The zero-order valence-corrected chi connectivity index (χ0v) is 7.69. The average molecular weight is 205 g/mol. The molecule has 13 heavy (non-hydrogen) atoms. The van der Waals surface area contributed by atoms with Crippen molar-refractivity contribution in [1.82, 2.24) is 0 Å². The molecule has 0 atom stereocenters. The summed E-state index contributed by atoms with van der Waals surface area (Å²) in [5.74, 6) is 0.910. The maximum absolute atomic E-state index is 9.01. The average Bonchev–Trinajstić information content (AvgIpc) is 2.20. The van der Waals surface area contributed by atoms with Gasteiger partial charge in [0.15, 0.2) is 0 Å². The van der Waals surface area contributed by atoms with E-state index in [1.165, 1.54) is 0 Å². The van der Waals surface area contributed by atoms with E-state index >= 15 is 0 Å². The molecule has 1 rings (SSSR count). The van der Waals surface area contributed by atoms with Gasteiger partial charge in [-0.05, 0) is 12.1 Å². The number of carbonyl (C=O) groups is 1. The number of para-hydroxylation sites is 1. The summed E-state index contributed by atoms with van der Waals surface area (Å²) < 4.78 is 8.05. The minimum atomic E-state index is -1.48. The second-order valence-corrected chi connectivity index (χ2v) is 2.01. The van der Waals surface area contributed by atoms with E-state index in [1.54, 1.807) is 7.11 Å². The number of ether oxygens (including phenoxy) is 1. The Morgan fingerprint density at radius 3 is 2.08 bits per heavy atom. The van der Waals surface area contributed by atoms with Crippen LogP contribution < -0.4 is 4.74 Å². The van der Waals surface area contributed by atoms with Gasteiger partial charge in [0, 0.05) is 0 Å². The van der Waals surface area contributed by atoms with Crippen LogP contribution in [0.4, 0.5) is 4.79 Å². The molecule has 0 unspecified atom stereocenters. The van der Waals surface area contributed by atoms with Crippen LogP contribution in [0.3, 0.4) is 0 Å². The van der Waals surface area contributed by atoms with Gasteiger partial charge in [0.1, 0.15) is 17.6 Å². The van der Waals surface area contributed by atoms with Crippen LogP contribution >= 0.6 is 11.9 Å². The molecule has 0 radical (unpaired) electrons. The molecule has 0 aliphatic rings. The molecule has 0 aliphatic carbocycles. The summed E-state index contributed by atoms with van der Waals surface area (Å²) in [5.41, 5.74) is 0. The first kappa shape index (κ1) is 11.6. The van der Waals surface area contributed by atoms with Gasteiger partial charge in [-0.25, -0.2) is 4.79 Å². The molecule has 1 aromatic carbocycles. The van der Waals surface area contributed by atoms with Crippen molar-refractivity contribution in [3.8, 4) is 5.75 Å². The first-order valence-corrected chi connectivity index (χ1v) is 3.62. The van der Waals surface area contributed by atoms with Crippen LogP contribution in [0, 0.1) is 0 Å². The molecule has 0 aromatic heterocycles. The van der Waals surface area contributed by atoms with Crippen molar-refractivity contribution in [3.63, 3.8) is 0 Å². The molecule has 0 heterocycles. The highest BCUT2D eigenvalue weighted by Gasteiger charge is 1.84. The van der Waals surface area contributed by atoms with Crippen molar-refractivity contribution < 1.29 is 18.9 Å². The van der Waals surface area contributed by atoms with Gasteiger partial charge >= 0.3 is 6.16 Å². The molecule has 72 valence electrons. The van der Waals surface area contributed by atoms with Crippen LogP contribution in [0.15, 0.2) is 30.3 Å². The SMILES string of the molecule is COc1ccccc1.O=C(O)OCl. The van der Waals surface area contributed by atoms with Gasteiger partial charge in [-0.15, -0.1) is 0 Å². The quantitative estimate of drug-likeness (QED) is 0.764. The molecule has 1 aromatic rings. The normalized spacial score (nSPS) is 7.85.